The number of nitrogens with zero attached hydrogens (tertiary/aromatic N) is 1. The number of ketones is 1. The predicted molar refractivity (Wildman–Crippen MR) is 76.1 cm³/mol. The van der Waals surface area contributed by atoms with Gasteiger partial charge >= 0.3 is 18.3 Å². The van der Waals surface area contributed by atoms with Gasteiger partial charge in [0.25, 0.3) is 0 Å². The molecular weight excluding hydrogens is 378 g/mol. The lowest BCUT2D eigenvalue weighted by Gasteiger charge is -2.39. The van der Waals surface area contributed by atoms with E-state index in [2.05, 4.69) is 4.99 Å². The molecule has 0 bridgehead atoms. The summed E-state index contributed by atoms with van der Waals surface area (Å²) >= 11 is 0.502. The molecule has 0 fully saturated rings. The first-order valence-corrected chi connectivity index (χ1v) is 7.56. The Hall–Kier alpha value is -1.98. The van der Waals surface area contributed by atoms with Crippen molar-refractivity contribution in [1.29, 1.82) is 0 Å². The van der Waals surface area contributed by atoms with Crippen molar-refractivity contribution in [2.45, 2.75) is 17.6 Å². The molecule has 0 spiro atoms. The molecule has 0 aromatic carbocycles. The number of allylic oxidation sites excluding steroid dienone is 3. The van der Waals surface area contributed by atoms with Crippen LogP contribution in [0.1, 0.15) is 0 Å². The second-order valence-corrected chi connectivity index (χ2v) is 6.25. The number of carbonyl (C=O) groups is 2. The molecule has 1 heterocycles. The predicted octanol–water partition coefficient (Wildman–Crippen LogP) is 2.31. The number of nitrogens with one attached hydrogen (secondary N) is 1. The van der Waals surface area contributed by atoms with E-state index in [9.17, 15) is 35.9 Å². The maximum absolute atomic E-state index is 13.8. The molecule has 2 aliphatic rings. The van der Waals surface area contributed by atoms with Gasteiger partial charge in [0.1, 0.15) is 12.1 Å². The van der Waals surface area contributed by atoms with E-state index in [1.165, 1.54) is 0 Å². The van der Waals surface area contributed by atoms with Crippen molar-refractivity contribution < 1.29 is 41.0 Å². The van der Waals surface area contributed by atoms with Gasteiger partial charge in [0.15, 0.2) is 11.2 Å². The Bertz CT molecular complexity index is 674. The molecule has 0 aromatic rings. The van der Waals surface area contributed by atoms with Crippen molar-refractivity contribution in [2.24, 2.45) is 10.4 Å². The van der Waals surface area contributed by atoms with Crippen molar-refractivity contribution in [2.75, 3.05) is 13.1 Å². The van der Waals surface area contributed by atoms with Gasteiger partial charge in [-0.3, -0.25) is 14.6 Å². The molecule has 2 atom stereocenters. The molecule has 138 valence electrons. The summed E-state index contributed by atoms with van der Waals surface area (Å²) in [6.45, 7) is -1.41. The van der Waals surface area contributed by atoms with E-state index in [1.54, 1.807) is 0 Å². The zero-order valence-electron chi connectivity index (χ0n) is 12.1. The van der Waals surface area contributed by atoms with Crippen LogP contribution in [0.5, 0.6) is 0 Å². The van der Waals surface area contributed by atoms with Gasteiger partial charge in [-0.15, -0.1) is 11.8 Å². The Morgan fingerprint density at radius 2 is 2.00 bits per heavy atom. The summed E-state index contributed by atoms with van der Waals surface area (Å²) in [5, 5.41) is 8.94. The number of carboxylic acid groups (broad SMARTS) is 1. The Morgan fingerprint density at radius 3 is 2.44 bits per heavy atom. The van der Waals surface area contributed by atoms with Gasteiger partial charge in [-0.25, -0.2) is 0 Å². The second kappa shape index (κ2) is 6.39. The van der Waals surface area contributed by atoms with Crippen molar-refractivity contribution in [3.63, 3.8) is 0 Å². The normalized spacial score (nSPS) is 27.1. The molecule has 1 aliphatic carbocycles. The third-order valence-corrected chi connectivity index (χ3v) is 4.72. The molecule has 0 radical (unpaired) electrons. The quantitative estimate of drug-likeness (QED) is 0.723. The van der Waals surface area contributed by atoms with Crippen LogP contribution in [0, 0.1) is 5.41 Å². The number of hydrogen-bond donors (Lipinski definition) is 2. The van der Waals surface area contributed by atoms with Gasteiger partial charge in [0.2, 0.25) is 0 Å². The zero-order valence-corrected chi connectivity index (χ0v) is 12.9. The lowest BCUT2D eigenvalue weighted by molar-refractivity contribution is -0.206. The summed E-state index contributed by atoms with van der Waals surface area (Å²) in [5.41, 5.74) is -5.16. The van der Waals surface area contributed by atoms with Crippen LogP contribution in [0.2, 0.25) is 0 Å². The van der Waals surface area contributed by atoms with E-state index in [4.69, 9.17) is 5.11 Å². The van der Waals surface area contributed by atoms with Crippen LogP contribution in [-0.2, 0) is 9.59 Å². The molecule has 1 aliphatic heterocycles. The zero-order chi connectivity index (χ0) is 19.0. The molecule has 2 unspecified atom stereocenters. The fraction of sp³-hybridized carbons (Fsp3) is 0.462. The van der Waals surface area contributed by atoms with Crippen LogP contribution in [-0.4, -0.2) is 53.1 Å². The number of carboxylic acids is 1. The van der Waals surface area contributed by atoms with Gasteiger partial charge in [-0.2, -0.15) is 26.3 Å². The fourth-order valence-corrected chi connectivity index (χ4v) is 3.48. The third-order valence-electron chi connectivity index (χ3n) is 3.60. The van der Waals surface area contributed by atoms with Gasteiger partial charge < -0.3 is 10.4 Å². The third kappa shape index (κ3) is 3.53. The summed E-state index contributed by atoms with van der Waals surface area (Å²) < 4.78 is 80.6. The molecule has 5 nitrogen and oxygen atoms in total. The second-order valence-electron chi connectivity index (χ2n) is 5.19. The number of hydrogen-bond acceptors (Lipinski definition) is 5. The smallest absolute Gasteiger partial charge is 0.419 e. The molecule has 0 saturated heterocycles. The van der Waals surface area contributed by atoms with Gasteiger partial charge in [-0.05, 0) is 12.2 Å². The topological polar surface area (TPSA) is 78.8 Å². The van der Waals surface area contributed by atoms with E-state index in [-0.39, 0.29) is 6.08 Å². The van der Waals surface area contributed by atoms with Crippen LogP contribution in [0.3, 0.4) is 0 Å². The highest BCUT2D eigenvalue weighted by Gasteiger charge is 2.67. The maximum atomic E-state index is 13.8. The highest BCUT2D eigenvalue weighted by atomic mass is 32.2. The monoisotopic (exact) mass is 388 g/mol. The fourth-order valence-electron chi connectivity index (χ4n) is 2.47. The van der Waals surface area contributed by atoms with Gasteiger partial charge in [0, 0.05) is 5.70 Å². The van der Waals surface area contributed by atoms with Gasteiger partial charge in [-0.1, -0.05) is 0 Å². The molecule has 0 saturated carbocycles. The largest absolute Gasteiger partial charge is 0.480 e. The Balaban J connectivity index is 2.61. The lowest BCUT2D eigenvalue weighted by atomic mass is 9.72. The molecule has 12 heteroatoms. The Labute approximate surface area is 140 Å². The molecular formula is C13H10F6N2O3S. The van der Waals surface area contributed by atoms with E-state index in [0.29, 0.717) is 17.8 Å². The number of halogens is 6. The lowest BCUT2D eigenvalue weighted by Crippen LogP contribution is -2.55. The van der Waals surface area contributed by atoms with E-state index in [0.717, 1.165) is 5.55 Å². The summed E-state index contributed by atoms with van der Waals surface area (Å²) in [7, 11) is 0. The van der Waals surface area contributed by atoms with E-state index in [1.807, 2.05) is 5.32 Å². The highest BCUT2D eigenvalue weighted by molar-refractivity contribution is 8.13. The maximum Gasteiger partial charge on any atom is 0.419 e. The molecule has 0 aromatic heterocycles. The van der Waals surface area contributed by atoms with Crippen molar-refractivity contribution >= 4 is 29.1 Å². The summed E-state index contributed by atoms with van der Waals surface area (Å²) in [4.78, 5) is 26.4. The van der Waals surface area contributed by atoms with Crippen LogP contribution in [0.25, 0.3) is 0 Å². The number of rotatable bonds is 4. The highest BCUT2D eigenvalue weighted by Crippen LogP contribution is 2.53. The van der Waals surface area contributed by atoms with Gasteiger partial charge in [0.05, 0.1) is 17.3 Å². The van der Waals surface area contributed by atoms with Crippen LogP contribution in [0.4, 0.5) is 26.3 Å². The first-order valence-electron chi connectivity index (χ1n) is 6.62. The van der Waals surface area contributed by atoms with Crippen molar-refractivity contribution in [1.82, 2.24) is 5.32 Å². The first kappa shape index (κ1) is 19.3. The number of alkyl halides is 6. The average Bonchev–Trinajstić information content (AvgIpc) is 2.97. The minimum absolute atomic E-state index is 0.190. The average molecular weight is 388 g/mol. The summed E-state index contributed by atoms with van der Waals surface area (Å²) in [6.07, 6.45) is -10.2. The Kier molecular flexibility index (Phi) is 4.94. The number of aliphatic carboxylic acids is 1. The van der Waals surface area contributed by atoms with E-state index >= 15 is 0 Å². The molecule has 25 heavy (non-hydrogen) atoms. The summed E-state index contributed by atoms with van der Waals surface area (Å²) in [5.74, 6) is -3.62. The molecule has 2 rings (SSSR count). The minimum Gasteiger partial charge on any atom is -0.480 e. The van der Waals surface area contributed by atoms with Crippen molar-refractivity contribution in [3.8, 4) is 0 Å². The molecule has 0 amide bonds. The number of aliphatic imine (C=N–C) groups is 1. The minimum atomic E-state index is -5.34. The van der Waals surface area contributed by atoms with Crippen LogP contribution < -0.4 is 5.32 Å². The number of thioether (sulfide) groups is 1. The van der Waals surface area contributed by atoms with Crippen LogP contribution in [0.15, 0.2) is 28.4 Å². The van der Waals surface area contributed by atoms with E-state index < -0.39 is 59.1 Å². The standard InChI is InChI=1S/C13H10F6N2O3S/c14-12(15,16)7-1-6(21-4-9(22)23)2-11(10(7)24,13(17,18)19)8-3-20-5-25-8/h1-2,5,8,21H,3-4H2,(H,22,23). The van der Waals surface area contributed by atoms with Crippen LogP contribution >= 0.6 is 11.8 Å². The first-order chi connectivity index (χ1) is 11.4. The van der Waals surface area contributed by atoms with Crippen molar-refractivity contribution in [3.05, 3.63) is 23.4 Å². The number of Topliss-reactive ketones (excluding diaryl/α,β-unsaturated/α-hetero) is 1. The SMILES string of the molecule is O=C(O)CNC1=CC(C2CN=CS2)(C(F)(F)F)C(=O)C(C(F)(F)F)=C1. The summed E-state index contributed by atoms with van der Waals surface area (Å²) in [6, 6.07) is 0. The number of carbonyl (C=O) groups excluding carboxylic acids is 1. The Morgan fingerprint density at radius 1 is 1.36 bits per heavy atom. The molecule has 2 N–H and O–H groups in total.